The van der Waals surface area contributed by atoms with Gasteiger partial charge < -0.3 is 4.52 Å². The van der Waals surface area contributed by atoms with Crippen LogP contribution in [0, 0.1) is 11.8 Å². The SMILES string of the molecule is CSCc1noc(CN2C[C@H]3CC[C@@H](C2)N(CC2CCC2)C3)n1. The fraction of sp³-hybridized carbons (Fsp3) is 0.882. The van der Waals surface area contributed by atoms with Gasteiger partial charge in [-0.25, -0.2) is 0 Å². The molecule has 1 aromatic heterocycles. The highest BCUT2D eigenvalue weighted by Crippen LogP contribution is 2.33. The summed E-state index contributed by atoms with van der Waals surface area (Å²) in [4.78, 5) is 9.88. The Bertz CT molecular complexity index is 518. The zero-order valence-corrected chi connectivity index (χ0v) is 14.9. The Balaban J connectivity index is 1.36. The van der Waals surface area contributed by atoms with E-state index in [9.17, 15) is 0 Å². The van der Waals surface area contributed by atoms with Crippen LogP contribution in [0.1, 0.15) is 43.8 Å². The Morgan fingerprint density at radius 1 is 1.17 bits per heavy atom. The molecule has 1 aliphatic carbocycles. The molecule has 1 aromatic rings. The molecule has 1 saturated carbocycles. The number of fused-ring (bicyclic) bond motifs is 4. The maximum Gasteiger partial charge on any atom is 0.240 e. The Kier molecular flexibility index (Phi) is 4.92. The van der Waals surface area contributed by atoms with Gasteiger partial charge in [0.1, 0.15) is 0 Å². The highest BCUT2D eigenvalue weighted by atomic mass is 32.2. The van der Waals surface area contributed by atoms with Gasteiger partial charge in [-0.2, -0.15) is 16.7 Å². The van der Waals surface area contributed by atoms with E-state index >= 15 is 0 Å². The van der Waals surface area contributed by atoms with Crippen molar-refractivity contribution in [1.29, 1.82) is 0 Å². The molecular weight excluding hydrogens is 308 g/mol. The van der Waals surface area contributed by atoms with Crippen molar-refractivity contribution < 1.29 is 4.52 Å². The third-order valence-corrected chi connectivity index (χ3v) is 6.31. The van der Waals surface area contributed by atoms with E-state index in [1.807, 2.05) is 0 Å². The van der Waals surface area contributed by atoms with Gasteiger partial charge in [0.2, 0.25) is 5.89 Å². The summed E-state index contributed by atoms with van der Waals surface area (Å²) in [6.07, 6.45) is 9.20. The van der Waals surface area contributed by atoms with Crippen LogP contribution in [0.2, 0.25) is 0 Å². The normalized spacial score (nSPS) is 29.6. The van der Waals surface area contributed by atoms with E-state index < -0.39 is 0 Å². The van der Waals surface area contributed by atoms with Crippen molar-refractivity contribution in [3.8, 4) is 0 Å². The first kappa shape index (κ1) is 15.9. The third kappa shape index (κ3) is 3.74. The third-order valence-electron chi connectivity index (χ3n) is 5.76. The second-order valence-corrected chi connectivity index (χ2v) is 8.45. The van der Waals surface area contributed by atoms with Crippen LogP contribution in [0.5, 0.6) is 0 Å². The molecule has 4 fully saturated rings. The van der Waals surface area contributed by atoms with Gasteiger partial charge in [0.25, 0.3) is 0 Å². The number of rotatable bonds is 6. The number of hydrogen-bond donors (Lipinski definition) is 0. The van der Waals surface area contributed by atoms with Crippen molar-refractivity contribution in [2.45, 2.75) is 50.4 Å². The van der Waals surface area contributed by atoms with Crippen molar-refractivity contribution in [1.82, 2.24) is 19.9 Å². The molecule has 0 unspecified atom stereocenters. The maximum atomic E-state index is 5.44. The molecule has 3 saturated heterocycles. The van der Waals surface area contributed by atoms with Crippen molar-refractivity contribution in [3.63, 3.8) is 0 Å². The van der Waals surface area contributed by atoms with E-state index in [1.54, 1.807) is 11.8 Å². The molecule has 0 amide bonds. The summed E-state index contributed by atoms with van der Waals surface area (Å²) < 4.78 is 5.44. The first-order chi connectivity index (χ1) is 11.3. The number of nitrogens with zero attached hydrogens (tertiary/aromatic N) is 4. The van der Waals surface area contributed by atoms with Crippen molar-refractivity contribution >= 4 is 11.8 Å². The van der Waals surface area contributed by atoms with Gasteiger partial charge in [0.05, 0.1) is 12.3 Å². The lowest BCUT2D eigenvalue weighted by molar-refractivity contribution is 0.0887. The van der Waals surface area contributed by atoms with Crippen LogP contribution in [0.25, 0.3) is 0 Å². The van der Waals surface area contributed by atoms with Gasteiger partial charge in [-0.3, -0.25) is 9.80 Å². The van der Waals surface area contributed by atoms with Crippen LogP contribution < -0.4 is 0 Å². The molecule has 2 atom stereocenters. The fourth-order valence-electron chi connectivity index (χ4n) is 4.37. The molecule has 0 N–H and O–H groups in total. The average molecular weight is 337 g/mol. The molecule has 4 aliphatic rings. The Morgan fingerprint density at radius 3 is 2.87 bits per heavy atom. The second-order valence-electron chi connectivity index (χ2n) is 7.58. The monoisotopic (exact) mass is 336 g/mol. The molecule has 5 rings (SSSR count). The predicted molar refractivity (Wildman–Crippen MR) is 92.2 cm³/mol. The van der Waals surface area contributed by atoms with Gasteiger partial charge in [-0.05, 0) is 43.8 Å². The standard InChI is InChI=1S/C17H28N4OS/c1-23-12-16-18-17(22-19-16)11-20-7-14-5-6-15(10-20)21(9-14)8-13-3-2-4-13/h13-15H,2-12H2,1H3/t14-,15+/m1/s1. The molecule has 4 heterocycles. The molecule has 0 aromatic carbocycles. The van der Waals surface area contributed by atoms with Crippen LogP contribution in [0.4, 0.5) is 0 Å². The summed E-state index contributed by atoms with van der Waals surface area (Å²) in [6, 6.07) is 0.739. The smallest absolute Gasteiger partial charge is 0.240 e. The molecule has 23 heavy (non-hydrogen) atoms. The van der Waals surface area contributed by atoms with Crippen LogP contribution in [-0.2, 0) is 12.3 Å². The topological polar surface area (TPSA) is 45.4 Å². The number of thioether (sulfide) groups is 1. The molecule has 0 radical (unpaired) electrons. The summed E-state index contributed by atoms with van der Waals surface area (Å²) in [7, 11) is 0. The minimum atomic E-state index is 0.739. The number of piperidine rings is 1. The lowest BCUT2D eigenvalue weighted by Crippen LogP contribution is -2.46. The van der Waals surface area contributed by atoms with E-state index in [2.05, 4.69) is 26.2 Å². The minimum absolute atomic E-state index is 0.739. The second kappa shape index (κ2) is 7.11. The Morgan fingerprint density at radius 2 is 2.09 bits per heavy atom. The Hall–Kier alpha value is -0.590. The maximum absolute atomic E-state index is 5.44. The summed E-state index contributed by atoms with van der Waals surface area (Å²) in [5, 5.41) is 4.08. The van der Waals surface area contributed by atoms with E-state index in [0.717, 1.165) is 41.9 Å². The number of hydrogen-bond acceptors (Lipinski definition) is 6. The van der Waals surface area contributed by atoms with E-state index in [4.69, 9.17) is 4.52 Å². The van der Waals surface area contributed by atoms with Gasteiger partial charge in [0.15, 0.2) is 5.82 Å². The van der Waals surface area contributed by atoms with Gasteiger partial charge >= 0.3 is 0 Å². The zero-order chi connectivity index (χ0) is 15.6. The van der Waals surface area contributed by atoms with E-state index in [-0.39, 0.29) is 0 Å². The summed E-state index contributed by atoms with van der Waals surface area (Å²) in [5.41, 5.74) is 0. The first-order valence-electron chi connectivity index (χ1n) is 9.07. The van der Waals surface area contributed by atoms with E-state index in [1.165, 1.54) is 58.3 Å². The average Bonchev–Trinajstić information content (AvgIpc) is 2.75. The van der Waals surface area contributed by atoms with Crippen LogP contribution in [-0.4, -0.2) is 58.4 Å². The van der Waals surface area contributed by atoms with Crippen molar-refractivity contribution in [2.24, 2.45) is 11.8 Å². The molecular formula is C17H28N4OS. The predicted octanol–water partition coefficient (Wildman–Crippen LogP) is 2.63. The molecule has 6 heteroatoms. The lowest BCUT2D eigenvalue weighted by Gasteiger charge is -2.40. The van der Waals surface area contributed by atoms with Crippen LogP contribution in [0.3, 0.4) is 0 Å². The van der Waals surface area contributed by atoms with Crippen molar-refractivity contribution in [2.75, 3.05) is 32.4 Å². The number of aromatic nitrogens is 2. The van der Waals surface area contributed by atoms with Crippen LogP contribution >= 0.6 is 11.8 Å². The van der Waals surface area contributed by atoms with Crippen molar-refractivity contribution in [3.05, 3.63) is 11.7 Å². The first-order valence-corrected chi connectivity index (χ1v) is 10.5. The lowest BCUT2D eigenvalue weighted by atomic mass is 9.83. The highest BCUT2D eigenvalue weighted by Gasteiger charge is 2.36. The quantitative estimate of drug-likeness (QED) is 0.796. The minimum Gasteiger partial charge on any atom is -0.338 e. The van der Waals surface area contributed by atoms with Gasteiger partial charge in [-0.1, -0.05) is 11.6 Å². The van der Waals surface area contributed by atoms with Gasteiger partial charge in [-0.15, -0.1) is 0 Å². The Labute approximate surface area is 143 Å². The van der Waals surface area contributed by atoms with E-state index in [0.29, 0.717) is 0 Å². The highest BCUT2D eigenvalue weighted by molar-refractivity contribution is 7.97. The summed E-state index contributed by atoms with van der Waals surface area (Å²) in [5.74, 6) is 4.26. The zero-order valence-electron chi connectivity index (χ0n) is 14.1. The summed E-state index contributed by atoms with van der Waals surface area (Å²) >= 11 is 1.74. The molecule has 3 aliphatic heterocycles. The molecule has 128 valence electrons. The summed E-state index contributed by atoms with van der Waals surface area (Å²) in [6.45, 7) is 5.83. The molecule has 2 bridgehead atoms. The largest absolute Gasteiger partial charge is 0.338 e. The fourth-order valence-corrected chi connectivity index (χ4v) is 4.74. The molecule has 0 spiro atoms. The molecule has 5 nitrogen and oxygen atoms in total. The van der Waals surface area contributed by atoms with Crippen LogP contribution in [0.15, 0.2) is 4.52 Å². The van der Waals surface area contributed by atoms with Gasteiger partial charge in [0, 0.05) is 32.2 Å².